The van der Waals surface area contributed by atoms with Crippen LogP contribution in [0.1, 0.15) is 47.0 Å². The zero-order valence-corrected chi connectivity index (χ0v) is 23.9. The molecule has 2 aliphatic heterocycles. The fourth-order valence-electron chi connectivity index (χ4n) is 6.55. The van der Waals surface area contributed by atoms with Crippen LogP contribution in [0.4, 0.5) is 28.9 Å². The van der Waals surface area contributed by atoms with E-state index in [9.17, 15) is 22.4 Å². The fourth-order valence-corrected chi connectivity index (χ4v) is 6.55. The molecule has 0 bridgehead atoms. The maximum absolute atomic E-state index is 13.5. The molecule has 3 aliphatic rings. The van der Waals surface area contributed by atoms with E-state index < -0.39 is 19.1 Å². The van der Waals surface area contributed by atoms with Crippen LogP contribution in [-0.2, 0) is 4.74 Å². The Labute approximate surface area is 250 Å². The zero-order valence-electron chi connectivity index (χ0n) is 23.9. The van der Waals surface area contributed by atoms with E-state index in [4.69, 9.17) is 4.52 Å². The minimum Gasteiger partial charge on any atom is -0.370 e. The van der Waals surface area contributed by atoms with Gasteiger partial charge in [0.15, 0.2) is 0 Å². The molecular formula is C30H31F4N7O3. The lowest BCUT2D eigenvalue weighted by Gasteiger charge is -2.49. The molecule has 232 valence electrons. The van der Waals surface area contributed by atoms with E-state index in [1.807, 2.05) is 42.3 Å². The molecule has 14 heteroatoms. The number of likely N-dealkylation sites (tertiary alicyclic amines) is 1. The third-order valence-electron chi connectivity index (χ3n) is 9.01. The van der Waals surface area contributed by atoms with Crippen molar-refractivity contribution in [2.45, 2.75) is 51.2 Å². The number of ether oxygens (including phenoxy) is 1. The Bertz CT molecular complexity index is 1680. The van der Waals surface area contributed by atoms with Crippen LogP contribution in [-0.4, -0.2) is 82.4 Å². The predicted molar refractivity (Wildman–Crippen MR) is 152 cm³/mol. The van der Waals surface area contributed by atoms with Gasteiger partial charge < -0.3 is 19.5 Å². The molecule has 1 N–H and O–H groups in total. The average molecular weight is 614 g/mol. The first-order valence-corrected chi connectivity index (χ1v) is 14.6. The number of fused-ring (bicyclic) bond motifs is 1. The zero-order chi connectivity index (χ0) is 30.6. The third kappa shape index (κ3) is 5.52. The Kier molecular flexibility index (Phi) is 7.28. The number of nitrogens with one attached hydrogen (secondary N) is 1. The largest absolute Gasteiger partial charge is 0.370 e. The number of anilines is 2. The number of alkyl halides is 4. The summed E-state index contributed by atoms with van der Waals surface area (Å²) in [5.74, 6) is 0.241. The van der Waals surface area contributed by atoms with Crippen LogP contribution in [0.15, 0.2) is 47.2 Å². The average Bonchev–Trinajstić information content (AvgIpc) is 3.69. The molecule has 7 rings (SSSR count). The SMILES string of the molecule is Cc1ccc(-c2noc(C3CC(OC(F)F)C3)n2)cc1NC(=O)c1cnn2ccc(N3CC4(CCN(CC(F)F)C4)C3)cc12. The van der Waals surface area contributed by atoms with Gasteiger partial charge in [-0.2, -0.15) is 18.9 Å². The first kappa shape index (κ1) is 28.7. The second-order valence-electron chi connectivity index (χ2n) is 12.1. The monoisotopic (exact) mass is 613 g/mol. The smallest absolute Gasteiger partial charge is 0.345 e. The Morgan fingerprint density at radius 1 is 1.16 bits per heavy atom. The lowest BCUT2D eigenvalue weighted by molar-refractivity contribution is -0.185. The normalized spacial score (nSPS) is 21.4. The van der Waals surface area contributed by atoms with Crippen molar-refractivity contribution in [3.05, 3.63) is 59.7 Å². The standard InChI is InChI=1S/C30H31F4N7O3/c1-17-2-3-18(26-37-28(44-38-26)19-8-21(9-19)43-29(33)34)10-23(17)36-27(42)22-12-35-41-6-4-20(11-24(22)41)40-15-30(16-40)5-7-39(14-30)13-25(31)32/h2-4,6,10-12,19,21,25,29H,5,7-9,13-16H2,1H3,(H,36,42). The number of amides is 1. The van der Waals surface area contributed by atoms with Crippen LogP contribution in [0.3, 0.4) is 0 Å². The molecule has 1 saturated carbocycles. The van der Waals surface area contributed by atoms with Gasteiger partial charge in [-0.15, -0.1) is 0 Å². The quantitative estimate of drug-likeness (QED) is 0.257. The van der Waals surface area contributed by atoms with Gasteiger partial charge >= 0.3 is 6.61 Å². The van der Waals surface area contributed by atoms with Gasteiger partial charge in [0.05, 0.1) is 29.9 Å². The van der Waals surface area contributed by atoms with Crippen LogP contribution < -0.4 is 10.2 Å². The van der Waals surface area contributed by atoms with Gasteiger partial charge in [0.1, 0.15) is 0 Å². The molecule has 0 unspecified atom stereocenters. The van der Waals surface area contributed by atoms with E-state index >= 15 is 0 Å². The number of pyridine rings is 1. The molecule has 3 fully saturated rings. The number of aryl methyl sites for hydroxylation is 1. The minimum absolute atomic E-state index is 0.0342. The van der Waals surface area contributed by atoms with E-state index in [0.717, 1.165) is 30.8 Å². The summed E-state index contributed by atoms with van der Waals surface area (Å²) >= 11 is 0. The lowest BCUT2D eigenvalue weighted by atomic mass is 9.79. The number of hydrogen-bond acceptors (Lipinski definition) is 8. The molecule has 1 aliphatic carbocycles. The molecule has 0 atom stereocenters. The van der Waals surface area contributed by atoms with Crippen LogP contribution in [0.25, 0.3) is 16.9 Å². The van der Waals surface area contributed by atoms with Crippen molar-refractivity contribution in [1.82, 2.24) is 24.7 Å². The fraction of sp³-hybridized carbons (Fsp3) is 0.467. The van der Waals surface area contributed by atoms with Gasteiger partial charge in [-0.25, -0.2) is 13.3 Å². The summed E-state index contributed by atoms with van der Waals surface area (Å²) in [5.41, 5.74) is 4.08. The van der Waals surface area contributed by atoms with Gasteiger partial charge in [-0.3, -0.25) is 9.69 Å². The number of hydrogen-bond donors (Lipinski definition) is 1. The Morgan fingerprint density at radius 3 is 2.75 bits per heavy atom. The van der Waals surface area contributed by atoms with E-state index in [0.29, 0.717) is 60.0 Å². The highest BCUT2D eigenvalue weighted by Crippen LogP contribution is 2.42. The number of carbonyl (C=O) groups is 1. The van der Waals surface area contributed by atoms with Crippen LogP contribution >= 0.6 is 0 Å². The van der Waals surface area contributed by atoms with Crippen molar-refractivity contribution in [2.24, 2.45) is 5.41 Å². The molecule has 2 saturated heterocycles. The summed E-state index contributed by atoms with van der Waals surface area (Å²) in [6, 6.07) is 9.31. The van der Waals surface area contributed by atoms with E-state index in [2.05, 4.69) is 30.2 Å². The third-order valence-corrected chi connectivity index (χ3v) is 9.01. The summed E-state index contributed by atoms with van der Waals surface area (Å²) in [6.45, 7) is 1.83. The second-order valence-corrected chi connectivity index (χ2v) is 12.1. The highest BCUT2D eigenvalue weighted by Gasteiger charge is 2.48. The second kappa shape index (κ2) is 11.1. The Morgan fingerprint density at radius 2 is 1.98 bits per heavy atom. The molecule has 1 amide bonds. The molecule has 10 nitrogen and oxygen atoms in total. The van der Waals surface area contributed by atoms with Crippen LogP contribution in [0, 0.1) is 12.3 Å². The van der Waals surface area contributed by atoms with Gasteiger partial charge in [0.2, 0.25) is 11.7 Å². The molecule has 44 heavy (non-hydrogen) atoms. The first-order valence-electron chi connectivity index (χ1n) is 14.6. The van der Waals surface area contributed by atoms with Crippen molar-refractivity contribution < 1.29 is 31.6 Å². The van der Waals surface area contributed by atoms with Crippen molar-refractivity contribution in [1.29, 1.82) is 0 Å². The van der Waals surface area contributed by atoms with E-state index in [-0.39, 0.29) is 23.8 Å². The van der Waals surface area contributed by atoms with Crippen molar-refractivity contribution in [2.75, 3.05) is 42.9 Å². The first-order chi connectivity index (χ1) is 21.1. The van der Waals surface area contributed by atoms with Gasteiger partial charge in [0.25, 0.3) is 12.3 Å². The number of carbonyl (C=O) groups excluding carboxylic acids is 1. The number of halogens is 4. The van der Waals surface area contributed by atoms with E-state index in [1.54, 1.807) is 10.6 Å². The summed E-state index contributed by atoms with van der Waals surface area (Å²) in [6.07, 6.45) is 2.18. The van der Waals surface area contributed by atoms with Gasteiger partial charge in [-0.05, 0) is 56.5 Å². The molecule has 0 radical (unpaired) electrons. The number of rotatable bonds is 9. The molecule has 1 spiro atoms. The minimum atomic E-state index is -2.80. The number of benzene rings is 1. The molecule has 1 aromatic carbocycles. The molecule has 5 heterocycles. The Hall–Kier alpha value is -4.04. The maximum atomic E-state index is 13.5. The van der Waals surface area contributed by atoms with Crippen LogP contribution in [0.5, 0.6) is 0 Å². The Balaban J connectivity index is 1.03. The highest BCUT2D eigenvalue weighted by atomic mass is 19.3. The van der Waals surface area contributed by atoms with Crippen LogP contribution in [0.2, 0.25) is 0 Å². The number of nitrogens with zero attached hydrogens (tertiary/aromatic N) is 6. The van der Waals surface area contributed by atoms with Gasteiger partial charge in [0, 0.05) is 54.1 Å². The topological polar surface area (TPSA) is 101 Å². The summed E-state index contributed by atoms with van der Waals surface area (Å²) < 4.78 is 62.1. The summed E-state index contributed by atoms with van der Waals surface area (Å²) in [4.78, 5) is 22.0. The van der Waals surface area contributed by atoms with Crippen molar-refractivity contribution in [3.8, 4) is 11.4 Å². The molecular weight excluding hydrogens is 582 g/mol. The van der Waals surface area contributed by atoms with Gasteiger partial charge in [-0.1, -0.05) is 17.3 Å². The van der Waals surface area contributed by atoms with Crippen molar-refractivity contribution >= 4 is 22.8 Å². The summed E-state index contributed by atoms with van der Waals surface area (Å²) in [5, 5.41) is 11.4. The maximum Gasteiger partial charge on any atom is 0.345 e. The van der Waals surface area contributed by atoms with Crippen molar-refractivity contribution in [3.63, 3.8) is 0 Å². The van der Waals surface area contributed by atoms with E-state index in [1.165, 1.54) is 6.20 Å². The summed E-state index contributed by atoms with van der Waals surface area (Å²) in [7, 11) is 0. The lowest BCUT2D eigenvalue weighted by Crippen LogP contribution is -2.57. The predicted octanol–water partition coefficient (Wildman–Crippen LogP) is 5.21. The molecule has 4 aromatic rings. The highest BCUT2D eigenvalue weighted by molar-refractivity contribution is 6.09. The number of aromatic nitrogens is 4. The molecule has 3 aromatic heterocycles.